The number of rotatable bonds is 6. The van der Waals surface area contributed by atoms with Crippen LogP contribution in [-0.4, -0.2) is 47.4 Å². The van der Waals surface area contributed by atoms with E-state index in [2.05, 4.69) is 23.8 Å². The van der Waals surface area contributed by atoms with Crippen molar-refractivity contribution in [2.75, 3.05) is 13.1 Å². The molecule has 0 saturated carbocycles. The van der Waals surface area contributed by atoms with Gasteiger partial charge in [-0.3, -0.25) is 14.7 Å². The Labute approximate surface area is 143 Å². The summed E-state index contributed by atoms with van der Waals surface area (Å²) in [4.78, 5) is 18.3. The minimum absolute atomic E-state index is 0.00283. The first-order valence-corrected chi connectivity index (χ1v) is 8.62. The van der Waals surface area contributed by atoms with Crippen molar-refractivity contribution in [1.29, 1.82) is 0 Å². The lowest BCUT2D eigenvalue weighted by atomic mass is 9.83. The average Bonchev–Trinajstić information content (AvgIpc) is 2.90. The molecule has 3 N–H and O–H groups in total. The number of benzene rings is 1. The van der Waals surface area contributed by atoms with E-state index in [1.54, 1.807) is 0 Å². The number of para-hydroxylation sites is 1. The van der Waals surface area contributed by atoms with E-state index in [0.29, 0.717) is 13.1 Å². The zero-order chi connectivity index (χ0) is 17.2. The summed E-state index contributed by atoms with van der Waals surface area (Å²) < 4.78 is 0. The topological polar surface area (TPSA) is 79.5 Å². The van der Waals surface area contributed by atoms with Gasteiger partial charge in [-0.2, -0.15) is 0 Å². The number of aliphatic carboxylic acids is 1. The third-order valence-electron chi connectivity index (χ3n) is 5.13. The average molecular weight is 325 g/mol. The second-order valence-electron chi connectivity index (χ2n) is 6.84. The maximum absolute atomic E-state index is 11.7. The zero-order valence-electron chi connectivity index (χ0n) is 14.1. The Hall–Kier alpha value is -1.92. The van der Waals surface area contributed by atoms with E-state index in [-0.39, 0.29) is 5.92 Å². The molecule has 1 aliphatic heterocycles. The van der Waals surface area contributed by atoms with E-state index in [4.69, 9.17) is 5.73 Å². The quantitative estimate of drug-likeness (QED) is 0.782. The van der Waals surface area contributed by atoms with Crippen LogP contribution in [0.3, 0.4) is 0 Å². The van der Waals surface area contributed by atoms with Crippen LogP contribution >= 0.6 is 0 Å². The fourth-order valence-electron chi connectivity index (χ4n) is 3.73. The Morgan fingerprint density at radius 3 is 2.96 bits per heavy atom. The Morgan fingerprint density at radius 2 is 2.21 bits per heavy atom. The molecule has 2 aromatic rings. The molecule has 24 heavy (non-hydrogen) atoms. The SMILES string of the molecule is BCCC[C@H]1CN(Cc2ccnc3ccccc23)C[C@@]1(N)C(=O)O. The van der Waals surface area contributed by atoms with Crippen LogP contribution in [0.25, 0.3) is 10.9 Å². The van der Waals surface area contributed by atoms with E-state index >= 15 is 0 Å². The Kier molecular flexibility index (Phi) is 4.87. The van der Waals surface area contributed by atoms with Gasteiger partial charge >= 0.3 is 5.97 Å². The smallest absolute Gasteiger partial charge is 0.325 e. The number of nitrogens with zero attached hydrogens (tertiary/aromatic N) is 2. The van der Waals surface area contributed by atoms with Gasteiger partial charge in [0, 0.05) is 37.1 Å². The van der Waals surface area contributed by atoms with Gasteiger partial charge in [-0.25, -0.2) is 0 Å². The van der Waals surface area contributed by atoms with Crippen LogP contribution in [0.4, 0.5) is 0 Å². The van der Waals surface area contributed by atoms with E-state index in [0.717, 1.165) is 36.6 Å². The van der Waals surface area contributed by atoms with Crippen LogP contribution in [-0.2, 0) is 11.3 Å². The number of fused-ring (bicyclic) bond motifs is 1. The van der Waals surface area contributed by atoms with Crippen molar-refractivity contribution in [1.82, 2.24) is 9.88 Å². The first kappa shape index (κ1) is 16.9. The van der Waals surface area contributed by atoms with Crippen molar-refractivity contribution in [3.05, 3.63) is 42.1 Å². The minimum atomic E-state index is -1.14. The highest BCUT2D eigenvalue weighted by molar-refractivity contribution is 6.08. The molecule has 0 amide bonds. The van der Waals surface area contributed by atoms with Crippen LogP contribution in [0.1, 0.15) is 18.4 Å². The van der Waals surface area contributed by atoms with Crippen LogP contribution in [0.5, 0.6) is 0 Å². The molecule has 5 nitrogen and oxygen atoms in total. The van der Waals surface area contributed by atoms with Crippen LogP contribution in [0.15, 0.2) is 36.5 Å². The molecule has 2 atom stereocenters. The number of likely N-dealkylation sites (tertiary alicyclic amines) is 1. The normalized spacial score (nSPS) is 24.5. The van der Waals surface area contributed by atoms with Crippen molar-refractivity contribution >= 4 is 24.7 Å². The number of pyridine rings is 1. The van der Waals surface area contributed by atoms with Gasteiger partial charge in [0.15, 0.2) is 0 Å². The van der Waals surface area contributed by atoms with E-state index < -0.39 is 11.5 Å². The van der Waals surface area contributed by atoms with Gasteiger partial charge < -0.3 is 10.8 Å². The lowest BCUT2D eigenvalue weighted by molar-refractivity contribution is -0.144. The summed E-state index contributed by atoms with van der Waals surface area (Å²) in [6.07, 6.45) is 4.76. The monoisotopic (exact) mass is 325 g/mol. The maximum atomic E-state index is 11.7. The summed E-state index contributed by atoms with van der Waals surface area (Å²) in [7, 11) is 2.12. The van der Waals surface area contributed by atoms with Crippen molar-refractivity contribution in [3.8, 4) is 0 Å². The number of carboxylic acids is 1. The van der Waals surface area contributed by atoms with Gasteiger partial charge in [-0.05, 0) is 24.1 Å². The zero-order valence-corrected chi connectivity index (χ0v) is 14.1. The van der Waals surface area contributed by atoms with Crippen molar-refractivity contribution in [2.45, 2.75) is 31.2 Å². The highest BCUT2D eigenvalue weighted by atomic mass is 16.4. The fourth-order valence-corrected chi connectivity index (χ4v) is 3.73. The lowest BCUT2D eigenvalue weighted by Crippen LogP contribution is -2.54. The van der Waals surface area contributed by atoms with E-state index in [9.17, 15) is 9.90 Å². The molecule has 1 aliphatic rings. The number of carboxylic acid groups (broad SMARTS) is 1. The van der Waals surface area contributed by atoms with Crippen LogP contribution in [0, 0.1) is 5.92 Å². The molecule has 1 aromatic heterocycles. The minimum Gasteiger partial charge on any atom is -0.480 e. The largest absolute Gasteiger partial charge is 0.480 e. The van der Waals surface area contributed by atoms with Gasteiger partial charge in [0.2, 0.25) is 0 Å². The predicted molar refractivity (Wildman–Crippen MR) is 97.6 cm³/mol. The predicted octanol–water partition coefficient (Wildman–Crippen LogP) is 1.28. The standard InChI is InChI=1S/C18H24BN3O2/c19-8-3-4-14-11-22(12-18(14,20)17(23)24)10-13-7-9-21-16-6-2-1-5-15(13)16/h1-2,5-7,9,14H,3-4,8,10-12,19-20H2,(H,23,24)/t14-,18-/m0/s1. The third kappa shape index (κ3) is 3.16. The molecule has 2 heterocycles. The first-order valence-electron chi connectivity index (χ1n) is 8.62. The number of carbonyl (C=O) groups is 1. The molecule has 126 valence electrons. The van der Waals surface area contributed by atoms with Gasteiger partial charge in [0.25, 0.3) is 0 Å². The van der Waals surface area contributed by atoms with Crippen LogP contribution in [0.2, 0.25) is 6.32 Å². The molecule has 0 spiro atoms. The lowest BCUT2D eigenvalue weighted by Gasteiger charge is -2.25. The summed E-state index contributed by atoms with van der Waals surface area (Å²) in [6.45, 7) is 1.84. The second kappa shape index (κ2) is 6.91. The van der Waals surface area contributed by atoms with Crippen molar-refractivity contribution in [3.63, 3.8) is 0 Å². The maximum Gasteiger partial charge on any atom is 0.325 e. The molecule has 0 radical (unpaired) electrons. The molecule has 0 bridgehead atoms. The number of nitrogens with two attached hydrogens (primary N) is 1. The van der Waals surface area contributed by atoms with Gasteiger partial charge in [-0.15, -0.1) is 0 Å². The summed E-state index contributed by atoms with van der Waals surface area (Å²) in [5, 5.41) is 10.8. The third-order valence-corrected chi connectivity index (χ3v) is 5.13. The number of aromatic nitrogens is 1. The summed E-state index contributed by atoms with van der Waals surface area (Å²) in [5.74, 6) is -0.881. The molecule has 0 aliphatic carbocycles. The van der Waals surface area contributed by atoms with Crippen LogP contribution < -0.4 is 5.73 Å². The fraction of sp³-hybridized carbons (Fsp3) is 0.444. The van der Waals surface area contributed by atoms with Gasteiger partial charge in [-0.1, -0.05) is 30.9 Å². The number of hydrogen-bond donors (Lipinski definition) is 2. The molecular weight excluding hydrogens is 301 g/mol. The second-order valence-corrected chi connectivity index (χ2v) is 6.84. The molecule has 1 saturated heterocycles. The summed E-state index contributed by atoms with van der Waals surface area (Å²) in [6, 6.07) is 10.1. The molecule has 0 unspecified atom stereocenters. The summed E-state index contributed by atoms with van der Waals surface area (Å²) >= 11 is 0. The highest BCUT2D eigenvalue weighted by Gasteiger charge is 2.48. The van der Waals surface area contributed by atoms with Crippen molar-refractivity contribution < 1.29 is 9.90 Å². The molecular formula is C18H24BN3O2. The Balaban J connectivity index is 1.81. The van der Waals surface area contributed by atoms with E-state index in [1.807, 2.05) is 30.5 Å². The van der Waals surface area contributed by atoms with E-state index in [1.165, 1.54) is 5.56 Å². The first-order chi connectivity index (χ1) is 11.5. The molecule has 3 rings (SSSR count). The molecule has 1 aromatic carbocycles. The summed E-state index contributed by atoms with van der Waals surface area (Å²) in [5.41, 5.74) is 7.29. The van der Waals surface area contributed by atoms with Gasteiger partial charge in [0.05, 0.1) is 5.52 Å². The Bertz CT molecular complexity index is 734. The van der Waals surface area contributed by atoms with Crippen molar-refractivity contribution in [2.24, 2.45) is 11.7 Å². The Morgan fingerprint density at radius 1 is 1.42 bits per heavy atom. The molecule has 1 fully saturated rings. The molecule has 6 heteroatoms. The number of hydrogen-bond acceptors (Lipinski definition) is 4. The highest BCUT2D eigenvalue weighted by Crippen LogP contribution is 2.32. The van der Waals surface area contributed by atoms with Gasteiger partial charge in [0.1, 0.15) is 13.4 Å².